The lowest BCUT2D eigenvalue weighted by molar-refractivity contribution is -0.135. The van der Waals surface area contributed by atoms with E-state index in [9.17, 15) is 14.4 Å². The van der Waals surface area contributed by atoms with Gasteiger partial charge in [-0.05, 0) is 49.3 Å². The Kier molecular flexibility index (Phi) is 6.23. The molecule has 31 heavy (non-hydrogen) atoms. The fraction of sp³-hybridized carbons (Fsp3) is 0.429. The van der Waals surface area contributed by atoms with Crippen LogP contribution in [0.1, 0.15) is 38.2 Å². The molecule has 1 N–H and O–H groups in total. The molecule has 2 heterocycles. The minimum Gasteiger partial charge on any atom is -0.323 e. The summed E-state index contributed by atoms with van der Waals surface area (Å²) in [6.07, 6.45) is 4.76. The molecule has 10 heteroatoms. The van der Waals surface area contributed by atoms with Gasteiger partial charge in [0.1, 0.15) is 12.1 Å². The molecule has 1 aromatic heterocycles. The monoisotopic (exact) mass is 480 g/mol. The molecule has 2 aromatic rings. The highest BCUT2D eigenvalue weighted by atomic mass is 35.5. The molecule has 0 atom stereocenters. The van der Waals surface area contributed by atoms with Crippen LogP contribution in [0.2, 0.25) is 10.0 Å². The number of carbonyl (C=O) groups is 3. The van der Waals surface area contributed by atoms with Crippen LogP contribution in [-0.2, 0) is 16.1 Å². The van der Waals surface area contributed by atoms with E-state index in [2.05, 4.69) is 17.2 Å². The van der Waals surface area contributed by atoms with E-state index in [4.69, 9.17) is 23.2 Å². The number of hydrogen-bond acceptors (Lipinski definition) is 4. The molecule has 0 bridgehead atoms. The van der Waals surface area contributed by atoms with Crippen molar-refractivity contribution in [1.82, 2.24) is 14.8 Å². The maximum Gasteiger partial charge on any atom is 0.325 e. The third-order valence-corrected chi connectivity index (χ3v) is 7.28. The summed E-state index contributed by atoms with van der Waals surface area (Å²) >= 11 is 13.5. The number of hydrogen-bond donors (Lipinski definition) is 1. The van der Waals surface area contributed by atoms with Gasteiger partial charge in [0, 0.05) is 21.6 Å². The molecule has 1 spiro atoms. The van der Waals surface area contributed by atoms with Crippen molar-refractivity contribution in [3.8, 4) is 0 Å². The SMILES string of the molecule is CC1CCC2(CC1)NC(=O)N(CC(=O)N=c1sccn1Cc1ccc(Cl)cc1Cl)C2=O. The van der Waals surface area contributed by atoms with Gasteiger partial charge in [-0.2, -0.15) is 4.99 Å². The van der Waals surface area contributed by atoms with Gasteiger partial charge in [0.2, 0.25) is 0 Å². The van der Waals surface area contributed by atoms with E-state index in [0.29, 0.717) is 40.2 Å². The lowest BCUT2D eigenvalue weighted by Gasteiger charge is -2.33. The van der Waals surface area contributed by atoms with Gasteiger partial charge in [-0.3, -0.25) is 14.5 Å². The fourth-order valence-electron chi connectivity index (χ4n) is 4.03. The van der Waals surface area contributed by atoms with Crippen LogP contribution in [0.25, 0.3) is 0 Å². The van der Waals surface area contributed by atoms with Crippen molar-refractivity contribution in [3.63, 3.8) is 0 Å². The number of amides is 4. The van der Waals surface area contributed by atoms with E-state index in [-0.39, 0.29) is 12.5 Å². The fourth-order valence-corrected chi connectivity index (χ4v) is 5.24. The number of thiazole rings is 1. The number of aromatic nitrogens is 1. The van der Waals surface area contributed by atoms with Crippen LogP contribution < -0.4 is 10.1 Å². The molecule has 1 aliphatic heterocycles. The Bertz CT molecular complexity index is 1100. The maximum absolute atomic E-state index is 12.9. The molecule has 1 saturated carbocycles. The number of imide groups is 1. The zero-order valence-corrected chi connectivity index (χ0v) is 19.3. The van der Waals surface area contributed by atoms with Gasteiger partial charge in [0.25, 0.3) is 11.8 Å². The number of rotatable bonds is 4. The summed E-state index contributed by atoms with van der Waals surface area (Å²) in [5, 5.41) is 5.70. The highest BCUT2D eigenvalue weighted by Crippen LogP contribution is 2.36. The average Bonchev–Trinajstić information content (AvgIpc) is 3.24. The van der Waals surface area contributed by atoms with E-state index >= 15 is 0 Å². The number of benzene rings is 1. The first-order valence-electron chi connectivity index (χ1n) is 10.1. The van der Waals surface area contributed by atoms with E-state index in [0.717, 1.165) is 23.3 Å². The molecule has 1 aliphatic carbocycles. The van der Waals surface area contributed by atoms with Crippen molar-refractivity contribution in [3.05, 3.63) is 50.2 Å². The maximum atomic E-state index is 12.9. The molecule has 164 valence electrons. The van der Waals surface area contributed by atoms with E-state index in [1.807, 2.05) is 11.4 Å². The van der Waals surface area contributed by atoms with Crippen molar-refractivity contribution < 1.29 is 14.4 Å². The van der Waals surface area contributed by atoms with Crippen molar-refractivity contribution in [2.24, 2.45) is 10.9 Å². The summed E-state index contributed by atoms with van der Waals surface area (Å²) in [6.45, 7) is 2.18. The second kappa shape index (κ2) is 8.76. The molecule has 4 amide bonds. The van der Waals surface area contributed by atoms with Gasteiger partial charge in [0.05, 0.1) is 6.54 Å². The number of carbonyl (C=O) groups excluding carboxylic acids is 3. The molecular weight excluding hydrogens is 459 g/mol. The first kappa shape index (κ1) is 22.0. The van der Waals surface area contributed by atoms with E-state index < -0.39 is 17.5 Å². The Morgan fingerprint density at radius 3 is 2.74 bits per heavy atom. The minimum atomic E-state index is -0.863. The zero-order chi connectivity index (χ0) is 22.2. The van der Waals surface area contributed by atoms with Crippen LogP contribution in [0.3, 0.4) is 0 Å². The number of nitrogens with one attached hydrogen (secondary N) is 1. The van der Waals surface area contributed by atoms with Crippen molar-refractivity contribution in [1.29, 1.82) is 0 Å². The van der Waals surface area contributed by atoms with Gasteiger partial charge in [-0.1, -0.05) is 36.2 Å². The van der Waals surface area contributed by atoms with Gasteiger partial charge >= 0.3 is 6.03 Å². The summed E-state index contributed by atoms with van der Waals surface area (Å²) in [5.74, 6) is -0.340. The Hall–Kier alpha value is -2.16. The minimum absolute atomic E-state index is 0.319. The third kappa shape index (κ3) is 4.56. The first-order valence-corrected chi connectivity index (χ1v) is 11.7. The second-order valence-electron chi connectivity index (χ2n) is 8.14. The van der Waals surface area contributed by atoms with Crippen LogP contribution >= 0.6 is 34.5 Å². The molecule has 4 rings (SSSR count). The standard InChI is InChI=1S/C21H22Cl2N4O3S/c1-13-4-6-21(7-5-13)18(29)27(19(30)25-21)12-17(28)24-20-26(8-9-31-20)11-14-2-3-15(22)10-16(14)23/h2-3,8-10,13H,4-7,11-12H2,1H3,(H,25,30). The lowest BCUT2D eigenvalue weighted by Crippen LogP contribution is -2.49. The smallest absolute Gasteiger partial charge is 0.323 e. The largest absolute Gasteiger partial charge is 0.325 e. The van der Waals surface area contributed by atoms with Crippen molar-refractivity contribution >= 4 is 52.4 Å². The van der Waals surface area contributed by atoms with Crippen LogP contribution in [0, 0.1) is 5.92 Å². The van der Waals surface area contributed by atoms with Gasteiger partial charge in [0.15, 0.2) is 4.80 Å². The lowest BCUT2D eigenvalue weighted by atomic mass is 9.77. The molecule has 7 nitrogen and oxygen atoms in total. The van der Waals surface area contributed by atoms with E-state index in [1.165, 1.54) is 11.3 Å². The summed E-state index contributed by atoms with van der Waals surface area (Å²) in [5.41, 5.74) is -0.0289. The van der Waals surface area contributed by atoms with E-state index in [1.54, 1.807) is 22.9 Å². The number of nitrogens with zero attached hydrogens (tertiary/aromatic N) is 3. The van der Waals surface area contributed by atoms with Crippen LogP contribution in [-0.4, -0.2) is 39.4 Å². The molecule has 2 aliphatic rings. The molecule has 0 radical (unpaired) electrons. The van der Waals surface area contributed by atoms with Crippen LogP contribution in [0.4, 0.5) is 4.79 Å². The summed E-state index contributed by atoms with van der Waals surface area (Å²) in [7, 11) is 0. The average molecular weight is 481 g/mol. The number of halogens is 2. The van der Waals surface area contributed by atoms with Crippen molar-refractivity contribution in [2.75, 3.05) is 6.54 Å². The molecule has 1 saturated heterocycles. The topological polar surface area (TPSA) is 83.8 Å². The van der Waals surface area contributed by atoms with Gasteiger partial charge in [-0.15, -0.1) is 11.3 Å². The third-order valence-electron chi connectivity index (χ3n) is 5.90. The van der Waals surface area contributed by atoms with Crippen LogP contribution in [0.15, 0.2) is 34.8 Å². The van der Waals surface area contributed by atoms with Crippen LogP contribution in [0.5, 0.6) is 0 Å². The van der Waals surface area contributed by atoms with Crippen molar-refractivity contribution in [2.45, 2.75) is 44.7 Å². The molecule has 2 fully saturated rings. The summed E-state index contributed by atoms with van der Waals surface area (Å²) in [4.78, 5) is 43.6. The quantitative estimate of drug-likeness (QED) is 0.674. The molecule has 0 unspecified atom stereocenters. The Labute approximate surface area is 193 Å². The molecule has 1 aromatic carbocycles. The molecular formula is C21H22Cl2N4O3S. The highest BCUT2D eigenvalue weighted by molar-refractivity contribution is 7.07. The first-order chi connectivity index (χ1) is 14.8. The normalized spacial score (nSPS) is 24.2. The Morgan fingerprint density at radius 2 is 2.03 bits per heavy atom. The predicted octanol–water partition coefficient (Wildman–Crippen LogP) is 3.83. The summed E-state index contributed by atoms with van der Waals surface area (Å²) < 4.78 is 1.79. The number of urea groups is 1. The van der Waals surface area contributed by atoms with Gasteiger partial charge < -0.3 is 9.88 Å². The zero-order valence-electron chi connectivity index (χ0n) is 16.9. The second-order valence-corrected chi connectivity index (χ2v) is 9.86. The highest BCUT2D eigenvalue weighted by Gasteiger charge is 2.52. The Balaban J connectivity index is 1.48. The Morgan fingerprint density at radius 1 is 1.29 bits per heavy atom. The van der Waals surface area contributed by atoms with Gasteiger partial charge in [-0.25, -0.2) is 4.79 Å². The summed E-state index contributed by atoms with van der Waals surface area (Å²) in [6, 6.07) is 4.71. The predicted molar refractivity (Wildman–Crippen MR) is 119 cm³/mol.